The van der Waals surface area contributed by atoms with Gasteiger partial charge in [0.1, 0.15) is 5.60 Å². The van der Waals surface area contributed by atoms with E-state index in [2.05, 4.69) is 5.32 Å². The Labute approximate surface area is 79.7 Å². The zero-order valence-corrected chi connectivity index (χ0v) is 7.27. The molecular formula is C9H9NO4. The first-order chi connectivity index (χ1) is 6.68. The van der Waals surface area contributed by atoms with Gasteiger partial charge in [0.05, 0.1) is 24.5 Å². The van der Waals surface area contributed by atoms with E-state index < -0.39 is 17.4 Å². The summed E-state index contributed by atoms with van der Waals surface area (Å²) < 4.78 is 5.47. The normalized spacial score (nSPS) is 48.5. The van der Waals surface area contributed by atoms with Crippen LogP contribution in [0.25, 0.3) is 0 Å². The summed E-state index contributed by atoms with van der Waals surface area (Å²) in [6.07, 6.45) is 3.09. The average Bonchev–Trinajstić information content (AvgIpc) is 2.78. The Morgan fingerprint density at radius 2 is 2.29 bits per heavy atom. The number of hydrogen-bond acceptors (Lipinski definition) is 4. The Balaban J connectivity index is 2.10. The summed E-state index contributed by atoms with van der Waals surface area (Å²) in [4.78, 5) is 22.8. The van der Waals surface area contributed by atoms with Gasteiger partial charge in [0, 0.05) is 0 Å². The van der Waals surface area contributed by atoms with Crippen molar-refractivity contribution < 1.29 is 19.4 Å². The molecule has 3 rings (SSSR count). The molecule has 0 aromatic rings. The number of amides is 2. The van der Waals surface area contributed by atoms with Crippen molar-refractivity contribution in [2.24, 2.45) is 11.8 Å². The molecule has 2 amide bonds. The van der Waals surface area contributed by atoms with E-state index in [-0.39, 0.29) is 24.5 Å². The lowest BCUT2D eigenvalue weighted by molar-refractivity contribution is -0.131. The van der Waals surface area contributed by atoms with Crippen molar-refractivity contribution in [3.63, 3.8) is 0 Å². The summed E-state index contributed by atoms with van der Waals surface area (Å²) in [5.41, 5.74) is -0.953. The van der Waals surface area contributed by atoms with Crippen LogP contribution in [0.3, 0.4) is 0 Å². The smallest absolute Gasteiger partial charge is 0.233 e. The van der Waals surface area contributed by atoms with Crippen LogP contribution in [-0.4, -0.2) is 35.2 Å². The molecule has 2 saturated heterocycles. The van der Waals surface area contributed by atoms with Gasteiger partial charge < -0.3 is 9.84 Å². The number of carbonyl (C=O) groups is 2. The monoisotopic (exact) mass is 195 g/mol. The Morgan fingerprint density at radius 1 is 1.50 bits per heavy atom. The number of aliphatic hydroxyl groups excluding tert-OH is 1. The summed E-state index contributed by atoms with van der Waals surface area (Å²) in [6, 6.07) is 0. The standard InChI is InChI=1S/C9H9NO4/c11-3-9-2-1-4(14-9)5-6(9)8(13)10-7(5)12/h1-2,4-6,11H,3H2,(H,10,12,13)/t4-,5-,6-,9-/m1/s1. The second-order valence-electron chi connectivity index (χ2n) is 3.91. The van der Waals surface area contributed by atoms with E-state index in [0.717, 1.165) is 0 Å². The quantitative estimate of drug-likeness (QED) is 0.397. The second kappa shape index (κ2) is 2.24. The third-order valence-electron chi connectivity index (χ3n) is 3.24. The van der Waals surface area contributed by atoms with Gasteiger partial charge in [-0.15, -0.1) is 0 Å². The number of nitrogens with one attached hydrogen (secondary N) is 1. The summed E-state index contributed by atoms with van der Waals surface area (Å²) in [6.45, 7) is -0.262. The lowest BCUT2D eigenvalue weighted by atomic mass is 9.77. The molecule has 0 aromatic carbocycles. The molecule has 0 unspecified atom stereocenters. The topological polar surface area (TPSA) is 75.6 Å². The largest absolute Gasteiger partial charge is 0.393 e. The van der Waals surface area contributed by atoms with E-state index in [1.165, 1.54) is 0 Å². The number of imide groups is 1. The molecule has 2 N–H and O–H groups in total. The van der Waals surface area contributed by atoms with Crippen LogP contribution in [0, 0.1) is 11.8 Å². The van der Waals surface area contributed by atoms with Gasteiger partial charge in [-0.2, -0.15) is 0 Å². The molecule has 5 heteroatoms. The molecule has 0 saturated carbocycles. The van der Waals surface area contributed by atoms with Gasteiger partial charge in [-0.25, -0.2) is 0 Å². The fraction of sp³-hybridized carbons (Fsp3) is 0.556. The van der Waals surface area contributed by atoms with Crippen molar-refractivity contribution in [1.82, 2.24) is 5.32 Å². The number of carbonyl (C=O) groups excluding carboxylic acids is 2. The minimum atomic E-state index is -0.953. The van der Waals surface area contributed by atoms with Crippen molar-refractivity contribution in [1.29, 1.82) is 0 Å². The van der Waals surface area contributed by atoms with E-state index in [1.807, 2.05) is 0 Å². The zero-order chi connectivity index (χ0) is 9.92. The van der Waals surface area contributed by atoms with Crippen LogP contribution in [0.1, 0.15) is 0 Å². The van der Waals surface area contributed by atoms with E-state index in [1.54, 1.807) is 12.2 Å². The molecule has 3 aliphatic rings. The van der Waals surface area contributed by atoms with Crippen LogP contribution < -0.4 is 5.32 Å². The Morgan fingerprint density at radius 3 is 3.00 bits per heavy atom. The summed E-state index contributed by atoms with van der Waals surface area (Å²) in [7, 11) is 0. The van der Waals surface area contributed by atoms with Crippen molar-refractivity contribution in [2.45, 2.75) is 11.7 Å². The van der Waals surface area contributed by atoms with Crippen LogP contribution in [0.4, 0.5) is 0 Å². The van der Waals surface area contributed by atoms with Crippen molar-refractivity contribution in [3.8, 4) is 0 Å². The van der Waals surface area contributed by atoms with Gasteiger partial charge in [0.15, 0.2) is 0 Å². The van der Waals surface area contributed by atoms with E-state index >= 15 is 0 Å². The molecule has 4 atom stereocenters. The van der Waals surface area contributed by atoms with Gasteiger partial charge in [-0.05, 0) is 0 Å². The fourth-order valence-corrected chi connectivity index (χ4v) is 2.61. The number of fused-ring (bicyclic) bond motifs is 5. The van der Waals surface area contributed by atoms with E-state index in [4.69, 9.17) is 4.74 Å². The maximum Gasteiger partial charge on any atom is 0.233 e. The summed E-state index contributed by atoms with van der Waals surface area (Å²) in [5.74, 6) is -1.61. The maximum absolute atomic E-state index is 11.5. The molecule has 0 radical (unpaired) electrons. The molecular weight excluding hydrogens is 186 g/mol. The van der Waals surface area contributed by atoms with Crippen LogP contribution in [0.2, 0.25) is 0 Å². The molecule has 3 heterocycles. The predicted octanol–water partition coefficient (Wildman–Crippen LogP) is -1.43. The molecule has 5 nitrogen and oxygen atoms in total. The van der Waals surface area contributed by atoms with E-state index in [9.17, 15) is 14.7 Å². The Hall–Kier alpha value is -1.20. The van der Waals surface area contributed by atoms with Gasteiger partial charge >= 0.3 is 0 Å². The van der Waals surface area contributed by atoms with Gasteiger partial charge in [-0.1, -0.05) is 12.2 Å². The highest BCUT2D eigenvalue weighted by atomic mass is 16.5. The number of rotatable bonds is 1. The number of ether oxygens (including phenoxy) is 1. The highest BCUT2D eigenvalue weighted by molar-refractivity contribution is 6.07. The molecule has 14 heavy (non-hydrogen) atoms. The number of aliphatic hydroxyl groups is 1. The molecule has 0 spiro atoms. The van der Waals surface area contributed by atoms with Crippen molar-refractivity contribution in [3.05, 3.63) is 12.2 Å². The maximum atomic E-state index is 11.5. The third-order valence-corrected chi connectivity index (χ3v) is 3.24. The highest BCUT2D eigenvalue weighted by Gasteiger charge is 2.65. The lowest BCUT2D eigenvalue weighted by Crippen LogP contribution is -2.42. The number of hydrogen-bond donors (Lipinski definition) is 2. The van der Waals surface area contributed by atoms with Crippen molar-refractivity contribution >= 4 is 11.8 Å². The summed E-state index contributed by atoms with van der Waals surface area (Å²) >= 11 is 0. The first-order valence-corrected chi connectivity index (χ1v) is 4.51. The minimum Gasteiger partial charge on any atom is -0.393 e. The SMILES string of the molecule is O=C1NC(=O)[C@H]2[C@H]1[C@H]1C=C[C@]2(CO)O1. The summed E-state index contributed by atoms with van der Waals surface area (Å²) in [5, 5.41) is 11.5. The average molecular weight is 195 g/mol. The predicted molar refractivity (Wildman–Crippen MR) is 44.0 cm³/mol. The van der Waals surface area contributed by atoms with Gasteiger partial charge in [0.25, 0.3) is 0 Å². The Bertz CT molecular complexity index is 364. The Kier molecular flexibility index (Phi) is 1.30. The molecule has 2 bridgehead atoms. The van der Waals surface area contributed by atoms with Crippen molar-refractivity contribution in [2.75, 3.05) is 6.61 Å². The second-order valence-corrected chi connectivity index (χ2v) is 3.91. The first-order valence-electron chi connectivity index (χ1n) is 4.51. The van der Waals surface area contributed by atoms with Crippen LogP contribution in [0.5, 0.6) is 0 Å². The first kappa shape index (κ1) is 8.14. The van der Waals surface area contributed by atoms with Crippen LogP contribution in [0.15, 0.2) is 12.2 Å². The van der Waals surface area contributed by atoms with Gasteiger partial charge in [0.2, 0.25) is 11.8 Å². The molecule has 0 aromatic heterocycles. The van der Waals surface area contributed by atoms with Crippen LogP contribution >= 0.6 is 0 Å². The van der Waals surface area contributed by atoms with Gasteiger partial charge in [-0.3, -0.25) is 14.9 Å². The molecule has 2 fully saturated rings. The third kappa shape index (κ3) is 0.689. The molecule has 74 valence electrons. The fourth-order valence-electron chi connectivity index (χ4n) is 2.61. The minimum absolute atomic E-state index is 0.262. The highest BCUT2D eigenvalue weighted by Crippen LogP contribution is 2.49. The zero-order valence-electron chi connectivity index (χ0n) is 7.27. The molecule has 3 aliphatic heterocycles. The molecule has 0 aliphatic carbocycles. The van der Waals surface area contributed by atoms with Crippen LogP contribution in [-0.2, 0) is 14.3 Å². The lowest BCUT2D eigenvalue weighted by Gasteiger charge is -2.24. The van der Waals surface area contributed by atoms with E-state index in [0.29, 0.717) is 0 Å².